The van der Waals surface area contributed by atoms with E-state index in [0.717, 1.165) is 24.6 Å². The standard InChI is InChI=1S/C13H14F2O2/c1-8-4-5-17-13(8)12(16)7-9-6-10(14)2-3-11(9)15/h2-3,6,8,13H,4-5,7H2,1H3. The Bertz CT molecular complexity index is 431. The minimum Gasteiger partial charge on any atom is -0.370 e. The molecule has 2 unspecified atom stereocenters. The lowest BCUT2D eigenvalue weighted by molar-refractivity contribution is -0.128. The van der Waals surface area contributed by atoms with Crippen molar-refractivity contribution < 1.29 is 18.3 Å². The van der Waals surface area contributed by atoms with Crippen molar-refractivity contribution in [3.05, 3.63) is 35.4 Å². The zero-order chi connectivity index (χ0) is 12.4. The zero-order valence-electron chi connectivity index (χ0n) is 9.58. The van der Waals surface area contributed by atoms with Gasteiger partial charge < -0.3 is 4.74 Å². The van der Waals surface area contributed by atoms with Gasteiger partial charge in [0.2, 0.25) is 0 Å². The Kier molecular flexibility index (Phi) is 3.52. The third-order valence-electron chi connectivity index (χ3n) is 3.08. The first-order valence-electron chi connectivity index (χ1n) is 5.66. The van der Waals surface area contributed by atoms with Crippen LogP contribution in [0.4, 0.5) is 8.78 Å². The first kappa shape index (κ1) is 12.2. The highest BCUT2D eigenvalue weighted by Gasteiger charge is 2.30. The first-order chi connectivity index (χ1) is 8.08. The van der Waals surface area contributed by atoms with Gasteiger partial charge in [0.05, 0.1) is 0 Å². The normalized spacial score (nSPS) is 23.9. The van der Waals surface area contributed by atoms with Crippen LogP contribution in [0.1, 0.15) is 18.9 Å². The second-order valence-electron chi connectivity index (χ2n) is 4.44. The molecule has 92 valence electrons. The molecule has 1 heterocycles. The number of carbonyl (C=O) groups is 1. The maximum Gasteiger partial charge on any atom is 0.166 e. The molecule has 2 atom stereocenters. The predicted molar refractivity (Wildman–Crippen MR) is 58.6 cm³/mol. The molecule has 1 aliphatic heterocycles. The van der Waals surface area contributed by atoms with Crippen LogP contribution in [-0.2, 0) is 16.0 Å². The van der Waals surface area contributed by atoms with Gasteiger partial charge in [-0.25, -0.2) is 8.78 Å². The van der Waals surface area contributed by atoms with Crippen LogP contribution in [0.2, 0.25) is 0 Å². The summed E-state index contributed by atoms with van der Waals surface area (Å²) in [5.41, 5.74) is 0.0951. The lowest BCUT2D eigenvalue weighted by Crippen LogP contribution is -2.27. The fourth-order valence-corrected chi connectivity index (χ4v) is 2.07. The highest BCUT2D eigenvalue weighted by atomic mass is 19.1. The van der Waals surface area contributed by atoms with E-state index >= 15 is 0 Å². The molecule has 0 amide bonds. The van der Waals surface area contributed by atoms with Crippen LogP contribution in [0, 0.1) is 17.6 Å². The van der Waals surface area contributed by atoms with E-state index in [1.807, 2.05) is 6.92 Å². The van der Waals surface area contributed by atoms with Crippen molar-refractivity contribution in [2.45, 2.75) is 25.9 Å². The monoisotopic (exact) mass is 240 g/mol. The number of hydrogen-bond acceptors (Lipinski definition) is 2. The molecule has 0 bridgehead atoms. The van der Waals surface area contributed by atoms with Crippen LogP contribution in [0.3, 0.4) is 0 Å². The lowest BCUT2D eigenvalue weighted by Gasteiger charge is -2.13. The topological polar surface area (TPSA) is 26.3 Å². The van der Waals surface area contributed by atoms with E-state index in [1.54, 1.807) is 0 Å². The van der Waals surface area contributed by atoms with Crippen LogP contribution < -0.4 is 0 Å². The minimum absolute atomic E-state index is 0.0951. The molecule has 4 heteroatoms. The Morgan fingerprint density at radius 3 is 2.88 bits per heavy atom. The third kappa shape index (κ3) is 2.69. The molecule has 2 nitrogen and oxygen atoms in total. The quantitative estimate of drug-likeness (QED) is 0.811. The molecule has 1 aromatic carbocycles. The predicted octanol–water partition coefficient (Wildman–Crippen LogP) is 2.50. The number of ether oxygens (including phenoxy) is 1. The average molecular weight is 240 g/mol. The SMILES string of the molecule is CC1CCOC1C(=O)Cc1cc(F)ccc1F. The maximum absolute atomic E-state index is 13.4. The van der Waals surface area contributed by atoms with Gasteiger partial charge in [-0.15, -0.1) is 0 Å². The molecule has 0 aliphatic carbocycles. The van der Waals surface area contributed by atoms with E-state index in [2.05, 4.69) is 0 Å². The number of Topliss-reactive ketones (excluding diaryl/α,β-unsaturated/α-hetero) is 1. The Morgan fingerprint density at radius 1 is 1.47 bits per heavy atom. The van der Waals surface area contributed by atoms with Crippen molar-refractivity contribution in [1.82, 2.24) is 0 Å². The van der Waals surface area contributed by atoms with E-state index in [-0.39, 0.29) is 23.7 Å². The largest absolute Gasteiger partial charge is 0.370 e. The summed E-state index contributed by atoms with van der Waals surface area (Å²) in [6, 6.07) is 3.14. The third-order valence-corrected chi connectivity index (χ3v) is 3.08. The van der Waals surface area contributed by atoms with Crippen molar-refractivity contribution in [1.29, 1.82) is 0 Å². The molecule has 1 aliphatic rings. The molecule has 0 spiro atoms. The summed E-state index contributed by atoms with van der Waals surface area (Å²) in [7, 11) is 0. The second kappa shape index (κ2) is 4.92. The van der Waals surface area contributed by atoms with Crippen LogP contribution >= 0.6 is 0 Å². The molecule has 17 heavy (non-hydrogen) atoms. The molecular weight excluding hydrogens is 226 g/mol. The number of carbonyl (C=O) groups excluding carboxylic acids is 1. The Balaban J connectivity index is 2.10. The van der Waals surface area contributed by atoms with E-state index in [4.69, 9.17) is 4.74 Å². The van der Waals surface area contributed by atoms with Gasteiger partial charge in [0.1, 0.15) is 17.7 Å². The van der Waals surface area contributed by atoms with Crippen molar-refractivity contribution >= 4 is 5.78 Å². The highest BCUT2D eigenvalue weighted by Crippen LogP contribution is 2.22. The van der Waals surface area contributed by atoms with Crippen LogP contribution in [0.25, 0.3) is 0 Å². The van der Waals surface area contributed by atoms with Crippen molar-refractivity contribution in [3.8, 4) is 0 Å². The Hall–Kier alpha value is -1.29. The zero-order valence-corrected chi connectivity index (χ0v) is 9.58. The second-order valence-corrected chi connectivity index (χ2v) is 4.44. The van der Waals surface area contributed by atoms with Crippen molar-refractivity contribution in [2.75, 3.05) is 6.61 Å². The van der Waals surface area contributed by atoms with Gasteiger partial charge in [-0.05, 0) is 36.1 Å². The molecular formula is C13H14F2O2. The minimum atomic E-state index is -0.551. The molecule has 1 aromatic rings. The number of halogens is 2. The molecule has 0 saturated carbocycles. The van der Waals surface area contributed by atoms with Gasteiger partial charge in [0.15, 0.2) is 5.78 Å². The van der Waals surface area contributed by atoms with E-state index < -0.39 is 17.7 Å². The summed E-state index contributed by atoms with van der Waals surface area (Å²) in [5, 5.41) is 0. The van der Waals surface area contributed by atoms with Crippen molar-refractivity contribution in [3.63, 3.8) is 0 Å². The molecule has 1 fully saturated rings. The maximum atomic E-state index is 13.4. The molecule has 0 radical (unpaired) electrons. The van der Waals surface area contributed by atoms with Crippen molar-refractivity contribution in [2.24, 2.45) is 5.92 Å². The van der Waals surface area contributed by atoms with Crippen LogP contribution in [0.15, 0.2) is 18.2 Å². The van der Waals surface area contributed by atoms with Crippen LogP contribution in [0.5, 0.6) is 0 Å². The first-order valence-corrected chi connectivity index (χ1v) is 5.66. The highest BCUT2D eigenvalue weighted by molar-refractivity contribution is 5.85. The van der Waals surface area contributed by atoms with E-state index in [1.165, 1.54) is 0 Å². The van der Waals surface area contributed by atoms with Gasteiger partial charge in [0, 0.05) is 13.0 Å². The van der Waals surface area contributed by atoms with Crippen LogP contribution in [-0.4, -0.2) is 18.5 Å². The summed E-state index contributed by atoms with van der Waals surface area (Å²) in [5.74, 6) is -1.11. The van der Waals surface area contributed by atoms with Gasteiger partial charge in [-0.3, -0.25) is 4.79 Å². The fraction of sp³-hybridized carbons (Fsp3) is 0.462. The fourth-order valence-electron chi connectivity index (χ4n) is 2.07. The van der Waals surface area contributed by atoms with Gasteiger partial charge in [-0.1, -0.05) is 6.92 Å². The molecule has 0 N–H and O–H groups in total. The molecule has 0 aromatic heterocycles. The summed E-state index contributed by atoms with van der Waals surface area (Å²) >= 11 is 0. The number of hydrogen-bond donors (Lipinski definition) is 0. The summed E-state index contributed by atoms with van der Waals surface area (Å²) < 4.78 is 31.6. The lowest BCUT2D eigenvalue weighted by atomic mass is 9.96. The summed E-state index contributed by atoms with van der Waals surface area (Å²) in [4.78, 5) is 11.9. The Morgan fingerprint density at radius 2 is 2.24 bits per heavy atom. The van der Waals surface area contributed by atoms with Gasteiger partial charge in [-0.2, -0.15) is 0 Å². The molecule has 2 rings (SSSR count). The average Bonchev–Trinajstić information content (AvgIpc) is 2.70. The van der Waals surface area contributed by atoms with E-state index in [9.17, 15) is 13.6 Å². The molecule has 1 saturated heterocycles. The smallest absolute Gasteiger partial charge is 0.166 e. The summed E-state index contributed by atoms with van der Waals surface area (Å²) in [6.45, 7) is 2.49. The van der Waals surface area contributed by atoms with Gasteiger partial charge in [0.25, 0.3) is 0 Å². The van der Waals surface area contributed by atoms with Gasteiger partial charge >= 0.3 is 0 Å². The number of benzene rings is 1. The van der Waals surface area contributed by atoms with E-state index in [0.29, 0.717) is 6.61 Å². The number of rotatable bonds is 3. The summed E-state index contributed by atoms with van der Waals surface area (Å²) in [6.07, 6.45) is 0.248. The number of ketones is 1. The Labute approximate surface area is 98.6 Å².